The summed E-state index contributed by atoms with van der Waals surface area (Å²) in [5.41, 5.74) is 1.03. The molecule has 0 aromatic heterocycles. The first kappa shape index (κ1) is 16.0. The number of piperazine rings is 1. The van der Waals surface area contributed by atoms with Crippen molar-refractivity contribution >= 4 is 27.7 Å². The van der Waals surface area contributed by atoms with Crippen molar-refractivity contribution in [2.24, 2.45) is 0 Å². The molecule has 0 radical (unpaired) electrons. The van der Waals surface area contributed by atoms with Crippen molar-refractivity contribution in [2.45, 2.75) is 51.7 Å². The van der Waals surface area contributed by atoms with Gasteiger partial charge in [-0.25, -0.2) is 0 Å². The van der Waals surface area contributed by atoms with Gasteiger partial charge in [0.1, 0.15) is 12.1 Å². The number of hydrogen-bond donors (Lipinski definition) is 1. The third-order valence-corrected chi connectivity index (χ3v) is 4.28. The van der Waals surface area contributed by atoms with Gasteiger partial charge in [-0.3, -0.25) is 9.59 Å². The molecule has 0 aliphatic carbocycles. The molecule has 0 spiro atoms. The highest BCUT2D eigenvalue weighted by atomic mass is 79.9. The zero-order chi connectivity index (χ0) is 15.4. The molecular formula is C16H21BrN2O2. The second-order valence-corrected chi connectivity index (χ2v) is 6.29. The van der Waals surface area contributed by atoms with Crippen LogP contribution in [0.5, 0.6) is 0 Å². The Morgan fingerprint density at radius 1 is 1.29 bits per heavy atom. The van der Waals surface area contributed by atoms with Crippen LogP contribution in [0.1, 0.15) is 38.7 Å². The van der Waals surface area contributed by atoms with Crippen LogP contribution < -0.4 is 5.32 Å². The summed E-state index contributed by atoms with van der Waals surface area (Å²) in [6.45, 7) is 4.42. The van der Waals surface area contributed by atoms with Gasteiger partial charge in [0.05, 0.1) is 0 Å². The second kappa shape index (κ2) is 7.07. The van der Waals surface area contributed by atoms with Crippen LogP contribution in [0, 0.1) is 0 Å². The lowest BCUT2D eigenvalue weighted by Gasteiger charge is -2.39. The molecule has 1 aromatic carbocycles. The van der Waals surface area contributed by atoms with Gasteiger partial charge >= 0.3 is 0 Å². The van der Waals surface area contributed by atoms with Crippen molar-refractivity contribution in [3.8, 4) is 0 Å². The van der Waals surface area contributed by atoms with E-state index in [9.17, 15) is 9.59 Å². The van der Waals surface area contributed by atoms with Gasteiger partial charge in [0.15, 0.2) is 0 Å². The molecule has 21 heavy (non-hydrogen) atoms. The number of carbonyl (C=O) groups is 2. The molecule has 1 heterocycles. The van der Waals surface area contributed by atoms with E-state index in [2.05, 4.69) is 21.2 Å². The van der Waals surface area contributed by atoms with Crippen molar-refractivity contribution < 1.29 is 9.59 Å². The Labute approximate surface area is 134 Å². The van der Waals surface area contributed by atoms with Crippen molar-refractivity contribution in [1.82, 2.24) is 10.2 Å². The van der Waals surface area contributed by atoms with E-state index in [-0.39, 0.29) is 17.9 Å². The highest BCUT2D eigenvalue weighted by Gasteiger charge is 2.38. The summed E-state index contributed by atoms with van der Waals surface area (Å²) < 4.78 is 0.980. The molecule has 114 valence electrons. The summed E-state index contributed by atoms with van der Waals surface area (Å²) >= 11 is 3.44. The average Bonchev–Trinajstić information content (AvgIpc) is 2.46. The topological polar surface area (TPSA) is 49.4 Å². The van der Waals surface area contributed by atoms with E-state index < -0.39 is 6.04 Å². The molecule has 1 saturated heterocycles. The lowest BCUT2D eigenvalue weighted by Crippen LogP contribution is -2.62. The van der Waals surface area contributed by atoms with Gasteiger partial charge in [-0.05, 0) is 30.5 Å². The van der Waals surface area contributed by atoms with Crippen molar-refractivity contribution in [3.63, 3.8) is 0 Å². The molecule has 2 amide bonds. The molecule has 4 nitrogen and oxygen atoms in total. The molecule has 2 unspecified atom stereocenters. The summed E-state index contributed by atoms with van der Waals surface area (Å²) in [5, 5.41) is 2.84. The largest absolute Gasteiger partial charge is 0.343 e. The van der Waals surface area contributed by atoms with Crippen molar-refractivity contribution in [1.29, 1.82) is 0 Å². The van der Waals surface area contributed by atoms with E-state index in [1.807, 2.05) is 38.1 Å². The van der Waals surface area contributed by atoms with E-state index in [4.69, 9.17) is 0 Å². The van der Waals surface area contributed by atoms with Gasteiger partial charge in [-0.15, -0.1) is 0 Å². The number of amides is 2. The highest BCUT2D eigenvalue weighted by molar-refractivity contribution is 9.10. The first-order valence-corrected chi connectivity index (χ1v) is 8.21. The summed E-state index contributed by atoms with van der Waals surface area (Å²) in [7, 11) is 0. The molecule has 1 aliphatic rings. The van der Waals surface area contributed by atoms with Crippen LogP contribution in [0.3, 0.4) is 0 Å². The number of rotatable bonds is 5. The maximum absolute atomic E-state index is 12.6. The Balaban J connectivity index is 2.25. The Morgan fingerprint density at radius 2 is 2.05 bits per heavy atom. The molecule has 1 aromatic rings. The number of nitrogens with one attached hydrogen (secondary N) is 1. The Hall–Kier alpha value is -1.36. The summed E-state index contributed by atoms with van der Waals surface area (Å²) in [4.78, 5) is 26.6. The predicted octanol–water partition coefficient (Wildman–Crippen LogP) is 2.85. The number of benzene rings is 1. The van der Waals surface area contributed by atoms with Crippen molar-refractivity contribution in [3.05, 3.63) is 34.3 Å². The van der Waals surface area contributed by atoms with Crippen molar-refractivity contribution in [2.75, 3.05) is 0 Å². The van der Waals surface area contributed by atoms with Crippen LogP contribution in [-0.2, 0) is 16.1 Å². The molecule has 0 bridgehead atoms. The molecule has 2 atom stereocenters. The van der Waals surface area contributed by atoms with Crippen LogP contribution in [0.25, 0.3) is 0 Å². The zero-order valence-corrected chi connectivity index (χ0v) is 14.0. The van der Waals surface area contributed by atoms with Gasteiger partial charge in [-0.1, -0.05) is 48.3 Å². The average molecular weight is 353 g/mol. The zero-order valence-electron chi connectivity index (χ0n) is 12.4. The van der Waals surface area contributed by atoms with E-state index in [0.717, 1.165) is 16.5 Å². The van der Waals surface area contributed by atoms with Gasteiger partial charge in [0.25, 0.3) is 0 Å². The number of hydrogen-bond acceptors (Lipinski definition) is 2. The SMILES string of the molecule is CCCC1C(=O)NC(CC)C(=O)N1Cc1cccc(Br)c1. The van der Waals surface area contributed by atoms with Crippen LogP contribution in [0.15, 0.2) is 28.7 Å². The smallest absolute Gasteiger partial charge is 0.246 e. The molecule has 0 saturated carbocycles. The number of halogens is 1. The number of nitrogens with zero attached hydrogens (tertiary/aromatic N) is 1. The minimum absolute atomic E-state index is 0.0236. The summed E-state index contributed by atoms with van der Waals surface area (Å²) in [5.74, 6) is -0.00572. The molecular weight excluding hydrogens is 332 g/mol. The van der Waals surface area contributed by atoms with Crippen LogP contribution in [0.4, 0.5) is 0 Å². The fourth-order valence-corrected chi connectivity index (χ4v) is 3.13. The maximum atomic E-state index is 12.6. The van der Waals surface area contributed by atoms with E-state index in [1.165, 1.54) is 0 Å². The first-order valence-electron chi connectivity index (χ1n) is 7.42. The van der Waals surface area contributed by atoms with Crippen LogP contribution in [0.2, 0.25) is 0 Å². The van der Waals surface area contributed by atoms with Crippen LogP contribution >= 0.6 is 15.9 Å². The standard InChI is InChI=1S/C16H21BrN2O2/c1-3-6-14-15(20)18-13(4-2)16(21)19(14)10-11-7-5-8-12(17)9-11/h5,7-9,13-14H,3-4,6,10H2,1-2H3,(H,18,20). The monoisotopic (exact) mass is 352 g/mol. The molecule has 5 heteroatoms. The molecule has 1 N–H and O–H groups in total. The van der Waals surface area contributed by atoms with Gasteiger partial charge < -0.3 is 10.2 Å². The summed E-state index contributed by atoms with van der Waals surface area (Å²) in [6.07, 6.45) is 2.19. The van der Waals surface area contributed by atoms with Crippen LogP contribution in [-0.4, -0.2) is 28.8 Å². The molecule has 1 aliphatic heterocycles. The third-order valence-electron chi connectivity index (χ3n) is 3.79. The minimum Gasteiger partial charge on any atom is -0.343 e. The Bertz CT molecular complexity index is 533. The second-order valence-electron chi connectivity index (χ2n) is 5.37. The van der Waals surface area contributed by atoms with E-state index in [0.29, 0.717) is 19.4 Å². The predicted molar refractivity (Wildman–Crippen MR) is 85.6 cm³/mol. The summed E-state index contributed by atoms with van der Waals surface area (Å²) in [6, 6.07) is 7.12. The van der Waals surface area contributed by atoms with Gasteiger partial charge in [0, 0.05) is 11.0 Å². The molecule has 1 fully saturated rings. The lowest BCUT2D eigenvalue weighted by molar-refractivity contribution is -0.150. The maximum Gasteiger partial charge on any atom is 0.246 e. The fraction of sp³-hybridized carbons (Fsp3) is 0.500. The van der Waals surface area contributed by atoms with E-state index >= 15 is 0 Å². The normalized spacial score (nSPS) is 22.3. The van der Waals surface area contributed by atoms with E-state index in [1.54, 1.807) is 4.90 Å². The lowest BCUT2D eigenvalue weighted by atomic mass is 10.0. The quantitative estimate of drug-likeness (QED) is 0.885. The first-order chi connectivity index (χ1) is 10.1. The Morgan fingerprint density at radius 3 is 2.67 bits per heavy atom. The fourth-order valence-electron chi connectivity index (χ4n) is 2.68. The molecule has 2 rings (SSSR count). The van der Waals surface area contributed by atoms with Gasteiger partial charge in [-0.2, -0.15) is 0 Å². The minimum atomic E-state index is -0.391. The number of carbonyl (C=O) groups excluding carboxylic acids is 2. The van der Waals surface area contributed by atoms with Gasteiger partial charge in [0.2, 0.25) is 11.8 Å². The highest BCUT2D eigenvalue weighted by Crippen LogP contribution is 2.21. The Kier molecular flexibility index (Phi) is 5.39. The third kappa shape index (κ3) is 3.64.